The van der Waals surface area contributed by atoms with Crippen LogP contribution in [0.1, 0.15) is 49.9 Å². The Hall–Kier alpha value is -2.65. The third kappa shape index (κ3) is 7.17. The van der Waals surface area contributed by atoms with E-state index in [4.69, 9.17) is 9.84 Å². The van der Waals surface area contributed by atoms with Crippen LogP contribution in [-0.4, -0.2) is 47.0 Å². The summed E-state index contributed by atoms with van der Waals surface area (Å²) in [7, 11) is 0. The van der Waals surface area contributed by atoms with Gasteiger partial charge in [0.25, 0.3) is 0 Å². The zero-order chi connectivity index (χ0) is 24.7. The highest BCUT2D eigenvalue weighted by Gasteiger charge is 2.30. The normalized spacial score (nSPS) is 15.2. The van der Waals surface area contributed by atoms with Crippen LogP contribution >= 0.6 is 11.9 Å². The number of carboxylic acids is 1. The topological polar surface area (TPSA) is 78.9 Å². The summed E-state index contributed by atoms with van der Waals surface area (Å²) in [5, 5.41) is 12.1. The number of para-hydroxylation sites is 1. The summed E-state index contributed by atoms with van der Waals surface area (Å²) in [6.07, 6.45) is 2.65. The third-order valence-electron chi connectivity index (χ3n) is 5.85. The summed E-state index contributed by atoms with van der Waals surface area (Å²) in [6, 6.07) is 10.5. The molecule has 1 fully saturated rings. The number of ether oxygens (including phenoxy) is 1. The highest BCUT2D eigenvalue weighted by Crippen LogP contribution is 2.28. The van der Waals surface area contributed by atoms with Gasteiger partial charge in [0.15, 0.2) is 17.4 Å². The second-order valence-corrected chi connectivity index (χ2v) is 10.2. The zero-order valence-corrected chi connectivity index (χ0v) is 20.2. The predicted molar refractivity (Wildman–Crippen MR) is 127 cm³/mol. The van der Waals surface area contributed by atoms with Gasteiger partial charge >= 0.3 is 5.97 Å². The van der Waals surface area contributed by atoms with Gasteiger partial charge in [-0.1, -0.05) is 19.9 Å². The van der Waals surface area contributed by atoms with Crippen LogP contribution in [0.5, 0.6) is 5.75 Å². The van der Waals surface area contributed by atoms with Gasteiger partial charge in [-0.3, -0.25) is 4.79 Å². The van der Waals surface area contributed by atoms with Gasteiger partial charge in [0.2, 0.25) is 5.91 Å². The number of rotatable bonds is 10. The van der Waals surface area contributed by atoms with Gasteiger partial charge in [-0.25, -0.2) is 17.9 Å². The second kappa shape index (κ2) is 11.7. The fourth-order valence-corrected chi connectivity index (χ4v) is 4.65. The van der Waals surface area contributed by atoms with E-state index in [1.54, 1.807) is 36.2 Å². The van der Waals surface area contributed by atoms with Crippen molar-refractivity contribution < 1.29 is 28.2 Å². The molecule has 1 heterocycles. The number of halogens is 2. The highest BCUT2D eigenvalue weighted by atomic mass is 32.2. The lowest BCUT2D eigenvalue weighted by Crippen LogP contribution is -2.47. The molecule has 1 aliphatic rings. The average Bonchev–Trinajstić information content (AvgIpc) is 2.80. The van der Waals surface area contributed by atoms with Crippen LogP contribution in [0.25, 0.3) is 0 Å². The molecule has 2 N–H and O–H groups in total. The molecule has 34 heavy (non-hydrogen) atoms. The van der Waals surface area contributed by atoms with E-state index in [1.807, 2.05) is 13.8 Å². The molecule has 1 amide bonds. The largest absolute Gasteiger partial charge is 0.488 e. The van der Waals surface area contributed by atoms with Crippen LogP contribution in [0.2, 0.25) is 0 Å². The molecule has 6 nitrogen and oxygen atoms in total. The molecule has 0 spiro atoms. The number of amides is 1. The van der Waals surface area contributed by atoms with E-state index in [0.29, 0.717) is 12.8 Å². The Labute approximate surface area is 202 Å². The number of benzene rings is 2. The molecule has 1 saturated heterocycles. The first-order valence-electron chi connectivity index (χ1n) is 11.3. The minimum atomic E-state index is -0.942. The molecule has 0 bridgehead atoms. The number of nitrogens with zero attached hydrogens (tertiary/aromatic N) is 1. The lowest BCUT2D eigenvalue weighted by molar-refractivity contribution is -0.130. The Morgan fingerprint density at radius 2 is 1.74 bits per heavy atom. The monoisotopic (exact) mass is 492 g/mol. The summed E-state index contributed by atoms with van der Waals surface area (Å²) >= 11 is 1.59. The van der Waals surface area contributed by atoms with Crippen LogP contribution in [0.3, 0.4) is 0 Å². The Balaban J connectivity index is 1.38. The Morgan fingerprint density at radius 3 is 2.32 bits per heavy atom. The number of carboxylic acid groups (broad SMARTS) is 1. The van der Waals surface area contributed by atoms with Crippen molar-refractivity contribution in [2.24, 2.45) is 5.41 Å². The lowest BCUT2D eigenvalue weighted by atomic mass is 9.86. The Kier molecular flexibility index (Phi) is 8.90. The molecule has 0 unspecified atom stereocenters. The zero-order valence-electron chi connectivity index (χ0n) is 19.4. The van der Waals surface area contributed by atoms with Crippen molar-refractivity contribution in [3.63, 3.8) is 0 Å². The quantitative estimate of drug-likeness (QED) is 0.353. The van der Waals surface area contributed by atoms with E-state index < -0.39 is 23.0 Å². The maximum absolute atomic E-state index is 13.6. The summed E-state index contributed by atoms with van der Waals surface area (Å²) < 4.78 is 34.7. The van der Waals surface area contributed by atoms with E-state index >= 15 is 0 Å². The standard InChI is InChI=1S/C25H30F2N2O4S/c1-25(2,13-4-16-33-22-20(26)5-3-6-21(22)27)24(32)28-18-11-14-29(15-12-18)34-19-9-7-17(8-10-19)23(30)31/h3,5-10,18H,4,11-16H2,1-2H3,(H,28,32)(H,30,31). The summed E-state index contributed by atoms with van der Waals surface area (Å²) in [4.78, 5) is 24.8. The van der Waals surface area contributed by atoms with E-state index in [1.165, 1.54) is 6.07 Å². The summed E-state index contributed by atoms with van der Waals surface area (Å²) in [5.74, 6) is -2.84. The van der Waals surface area contributed by atoms with Crippen molar-refractivity contribution in [1.82, 2.24) is 9.62 Å². The van der Waals surface area contributed by atoms with Gasteiger partial charge in [0, 0.05) is 29.4 Å². The van der Waals surface area contributed by atoms with Crippen LogP contribution in [0.4, 0.5) is 8.78 Å². The fraction of sp³-hybridized carbons (Fsp3) is 0.440. The smallest absolute Gasteiger partial charge is 0.335 e. The molecule has 3 rings (SSSR count). The molecule has 0 atom stereocenters. The van der Waals surface area contributed by atoms with Gasteiger partial charge < -0.3 is 15.2 Å². The van der Waals surface area contributed by atoms with Crippen molar-refractivity contribution in [3.8, 4) is 5.75 Å². The maximum Gasteiger partial charge on any atom is 0.335 e. The number of carbonyl (C=O) groups excluding carboxylic acids is 1. The van der Waals surface area contributed by atoms with Crippen molar-refractivity contribution in [2.45, 2.75) is 50.5 Å². The Morgan fingerprint density at radius 1 is 1.12 bits per heavy atom. The third-order valence-corrected chi connectivity index (χ3v) is 6.96. The Bertz CT molecular complexity index is 973. The highest BCUT2D eigenvalue weighted by molar-refractivity contribution is 7.97. The van der Waals surface area contributed by atoms with Gasteiger partial charge in [0.05, 0.1) is 12.2 Å². The molecule has 184 valence electrons. The number of aromatic carboxylic acids is 1. The predicted octanol–water partition coefficient (Wildman–Crippen LogP) is 5.14. The lowest BCUT2D eigenvalue weighted by Gasteiger charge is -2.33. The van der Waals surface area contributed by atoms with Crippen LogP contribution in [0, 0.1) is 17.0 Å². The first-order valence-corrected chi connectivity index (χ1v) is 12.1. The van der Waals surface area contributed by atoms with Crippen LogP contribution in [-0.2, 0) is 4.79 Å². The van der Waals surface area contributed by atoms with Crippen molar-refractivity contribution in [1.29, 1.82) is 0 Å². The summed E-state index contributed by atoms with van der Waals surface area (Å²) in [6.45, 7) is 5.45. The van der Waals surface area contributed by atoms with Gasteiger partial charge in [-0.05, 0) is 74.0 Å². The molecule has 0 radical (unpaired) electrons. The number of carbonyl (C=O) groups is 2. The van der Waals surface area contributed by atoms with Crippen molar-refractivity contribution in [2.75, 3.05) is 19.7 Å². The van der Waals surface area contributed by atoms with E-state index in [2.05, 4.69) is 9.62 Å². The number of piperidine rings is 1. The molecule has 2 aromatic rings. The first kappa shape index (κ1) is 26.0. The molecule has 1 aliphatic heterocycles. The van der Waals surface area contributed by atoms with Crippen molar-refractivity contribution >= 4 is 23.8 Å². The maximum atomic E-state index is 13.6. The molecule has 2 aromatic carbocycles. The molecular weight excluding hydrogens is 462 g/mol. The molecule has 0 aromatic heterocycles. The van der Waals surface area contributed by atoms with Crippen LogP contribution < -0.4 is 10.1 Å². The minimum Gasteiger partial charge on any atom is -0.488 e. The second-order valence-electron chi connectivity index (χ2n) is 8.98. The SMILES string of the molecule is CC(C)(CCCOc1c(F)cccc1F)C(=O)NC1CCN(Sc2ccc(C(=O)O)cc2)CC1. The first-order chi connectivity index (χ1) is 16.2. The van der Waals surface area contributed by atoms with E-state index in [0.717, 1.165) is 43.0 Å². The average molecular weight is 493 g/mol. The van der Waals surface area contributed by atoms with Gasteiger partial charge in [-0.2, -0.15) is 0 Å². The molecule has 0 saturated carbocycles. The summed E-state index contributed by atoms with van der Waals surface area (Å²) in [5.41, 5.74) is -0.367. The molecule has 9 heteroatoms. The van der Waals surface area contributed by atoms with E-state index in [9.17, 15) is 18.4 Å². The van der Waals surface area contributed by atoms with E-state index in [-0.39, 0.29) is 29.9 Å². The van der Waals surface area contributed by atoms with Crippen molar-refractivity contribution in [3.05, 3.63) is 59.7 Å². The van der Waals surface area contributed by atoms with Crippen LogP contribution in [0.15, 0.2) is 47.4 Å². The molecule has 0 aliphatic carbocycles. The number of hydrogen-bond acceptors (Lipinski definition) is 5. The minimum absolute atomic E-state index is 0.0417. The van der Waals surface area contributed by atoms with Gasteiger partial charge in [0.1, 0.15) is 0 Å². The van der Waals surface area contributed by atoms with Gasteiger partial charge in [-0.15, -0.1) is 0 Å². The number of hydrogen-bond donors (Lipinski definition) is 2. The fourth-order valence-electron chi connectivity index (χ4n) is 3.70. The molecular formula is C25H30F2N2O4S. The number of nitrogens with one attached hydrogen (secondary N) is 1.